The zero-order valence-corrected chi connectivity index (χ0v) is 15.7. The molecule has 0 aliphatic carbocycles. The third kappa shape index (κ3) is 5.28. The van der Waals surface area contributed by atoms with E-state index in [1.165, 1.54) is 5.56 Å². The largest absolute Gasteiger partial charge is 0.298 e. The summed E-state index contributed by atoms with van der Waals surface area (Å²) < 4.78 is 27.0. The van der Waals surface area contributed by atoms with Crippen LogP contribution in [0.15, 0.2) is 54.6 Å². The molecule has 1 fully saturated rings. The van der Waals surface area contributed by atoms with Gasteiger partial charge >= 0.3 is 0 Å². The average Bonchev–Trinajstić information content (AvgIpc) is 2.84. The maximum atomic E-state index is 12.7. The van der Waals surface area contributed by atoms with Gasteiger partial charge in [-0.3, -0.25) is 4.90 Å². The summed E-state index contributed by atoms with van der Waals surface area (Å²) in [5, 5.41) is 0.734. The monoisotopic (exact) mass is 378 g/mol. The first-order chi connectivity index (χ1) is 12.0. The molecule has 6 heteroatoms. The lowest BCUT2D eigenvalue weighted by atomic mass is 10.2. The second kappa shape index (κ2) is 8.32. The number of halogens is 1. The van der Waals surface area contributed by atoms with E-state index in [9.17, 15) is 8.42 Å². The second-order valence-corrected chi connectivity index (χ2v) is 8.80. The van der Waals surface area contributed by atoms with Crippen molar-refractivity contribution in [3.05, 3.63) is 70.7 Å². The van der Waals surface area contributed by atoms with E-state index < -0.39 is 10.0 Å². The van der Waals surface area contributed by atoms with Gasteiger partial charge in [-0.15, -0.1) is 0 Å². The highest BCUT2D eigenvalue weighted by Gasteiger charge is 2.25. The Balaban J connectivity index is 1.60. The van der Waals surface area contributed by atoms with Crippen LogP contribution in [0.5, 0.6) is 0 Å². The van der Waals surface area contributed by atoms with Gasteiger partial charge in [0.05, 0.1) is 5.75 Å². The molecule has 1 heterocycles. The lowest BCUT2D eigenvalue weighted by molar-refractivity contribution is 0.278. The fourth-order valence-corrected chi connectivity index (χ4v) is 4.80. The molecule has 0 aromatic heterocycles. The van der Waals surface area contributed by atoms with Crippen LogP contribution in [0, 0.1) is 0 Å². The van der Waals surface area contributed by atoms with Gasteiger partial charge in [0.2, 0.25) is 10.0 Å². The van der Waals surface area contributed by atoms with Crippen LogP contribution < -0.4 is 0 Å². The summed E-state index contributed by atoms with van der Waals surface area (Å²) in [6.45, 7) is 3.61. The first-order valence-electron chi connectivity index (χ1n) is 8.51. The Bertz CT molecular complexity index is 779. The van der Waals surface area contributed by atoms with E-state index in [4.69, 9.17) is 11.6 Å². The van der Waals surface area contributed by atoms with Crippen LogP contribution in [-0.4, -0.2) is 43.8 Å². The molecule has 0 amide bonds. The van der Waals surface area contributed by atoms with Crippen molar-refractivity contribution in [2.24, 2.45) is 0 Å². The van der Waals surface area contributed by atoms with Crippen molar-refractivity contribution in [3.8, 4) is 0 Å². The first-order valence-corrected chi connectivity index (χ1v) is 10.5. The zero-order valence-electron chi connectivity index (χ0n) is 14.1. The number of hydrogen-bond donors (Lipinski definition) is 0. The Hall–Kier alpha value is -1.40. The van der Waals surface area contributed by atoms with Gasteiger partial charge in [0, 0.05) is 31.2 Å². The lowest BCUT2D eigenvalue weighted by Crippen LogP contribution is -2.35. The summed E-state index contributed by atoms with van der Waals surface area (Å²) in [5.74, 6) is 0.0744. The Morgan fingerprint density at radius 3 is 2.28 bits per heavy atom. The Kier molecular flexibility index (Phi) is 6.12. The summed E-state index contributed by atoms with van der Waals surface area (Å²) >= 11 is 5.93. The van der Waals surface area contributed by atoms with Gasteiger partial charge in [0.25, 0.3) is 0 Å². The SMILES string of the molecule is O=S(=O)(Cc1ccccc1)N1CCCN(Cc2ccc(Cl)cc2)CC1. The van der Waals surface area contributed by atoms with E-state index in [2.05, 4.69) is 4.90 Å². The molecule has 0 spiro atoms. The summed E-state index contributed by atoms with van der Waals surface area (Å²) in [7, 11) is -3.27. The normalized spacial score (nSPS) is 17.3. The summed E-state index contributed by atoms with van der Waals surface area (Å²) in [4.78, 5) is 2.31. The van der Waals surface area contributed by atoms with Crippen LogP contribution in [0.3, 0.4) is 0 Å². The van der Waals surface area contributed by atoms with Crippen molar-refractivity contribution in [2.75, 3.05) is 26.2 Å². The van der Waals surface area contributed by atoms with Crippen molar-refractivity contribution >= 4 is 21.6 Å². The van der Waals surface area contributed by atoms with Crippen LogP contribution in [0.1, 0.15) is 17.5 Å². The predicted molar refractivity (Wildman–Crippen MR) is 102 cm³/mol. The van der Waals surface area contributed by atoms with E-state index >= 15 is 0 Å². The maximum Gasteiger partial charge on any atom is 0.218 e. The highest BCUT2D eigenvalue weighted by atomic mass is 35.5. The molecule has 25 heavy (non-hydrogen) atoms. The van der Waals surface area contributed by atoms with Gasteiger partial charge in [-0.05, 0) is 36.2 Å². The molecule has 0 saturated carbocycles. The summed E-state index contributed by atoms with van der Waals surface area (Å²) in [6.07, 6.45) is 0.849. The fourth-order valence-electron chi connectivity index (χ4n) is 3.11. The molecule has 1 aliphatic heterocycles. The van der Waals surface area contributed by atoms with Crippen LogP contribution in [-0.2, 0) is 22.3 Å². The molecule has 4 nitrogen and oxygen atoms in total. The minimum Gasteiger partial charge on any atom is -0.298 e. The molecule has 2 aromatic rings. The molecule has 1 saturated heterocycles. The second-order valence-electron chi connectivity index (χ2n) is 6.40. The molecule has 2 aromatic carbocycles. The Morgan fingerprint density at radius 1 is 0.840 bits per heavy atom. The number of sulfonamides is 1. The summed E-state index contributed by atoms with van der Waals surface area (Å²) in [6, 6.07) is 17.2. The molecule has 0 N–H and O–H groups in total. The third-order valence-corrected chi connectivity index (χ3v) is 6.55. The molecule has 0 atom stereocenters. The molecule has 0 unspecified atom stereocenters. The highest BCUT2D eigenvalue weighted by Crippen LogP contribution is 2.16. The molecule has 134 valence electrons. The quantitative estimate of drug-likeness (QED) is 0.800. The van der Waals surface area contributed by atoms with Gasteiger partial charge in [-0.25, -0.2) is 12.7 Å². The number of hydrogen-bond acceptors (Lipinski definition) is 3. The van der Waals surface area contributed by atoms with Crippen molar-refractivity contribution in [3.63, 3.8) is 0 Å². The fraction of sp³-hybridized carbons (Fsp3) is 0.368. The molecule has 0 bridgehead atoms. The van der Waals surface area contributed by atoms with Gasteiger partial charge in [-0.1, -0.05) is 54.1 Å². The average molecular weight is 379 g/mol. The zero-order chi connectivity index (χ0) is 17.7. The van der Waals surface area contributed by atoms with E-state index in [0.717, 1.165) is 36.6 Å². The molecule has 3 rings (SSSR count). The molecule has 0 radical (unpaired) electrons. The highest BCUT2D eigenvalue weighted by molar-refractivity contribution is 7.88. The van der Waals surface area contributed by atoms with E-state index in [1.54, 1.807) is 4.31 Å². The van der Waals surface area contributed by atoms with Crippen LogP contribution in [0.4, 0.5) is 0 Å². The van der Waals surface area contributed by atoms with Crippen LogP contribution in [0.2, 0.25) is 5.02 Å². The first kappa shape index (κ1) is 18.4. The molecule has 1 aliphatic rings. The predicted octanol–water partition coefficient (Wildman–Crippen LogP) is 3.38. The van der Waals surface area contributed by atoms with E-state index in [-0.39, 0.29) is 5.75 Å². The summed E-state index contributed by atoms with van der Waals surface area (Å²) in [5.41, 5.74) is 2.04. The van der Waals surface area contributed by atoms with Gasteiger partial charge < -0.3 is 0 Å². The van der Waals surface area contributed by atoms with Gasteiger partial charge in [0.15, 0.2) is 0 Å². The van der Waals surface area contributed by atoms with Gasteiger partial charge in [0.1, 0.15) is 0 Å². The smallest absolute Gasteiger partial charge is 0.218 e. The van der Waals surface area contributed by atoms with Crippen molar-refractivity contribution in [1.82, 2.24) is 9.21 Å². The topological polar surface area (TPSA) is 40.6 Å². The number of rotatable bonds is 5. The maximum absolute atomic E-state index is 12.7. The van der Waals surface area contributed by atoms with E-state index in [1.807, 2.05) is 54.6 Å². The van der Waals surface area contributed by atoms with Gasteiger partial charge in [-0.2, -0.15) is 0 Å². The van der Waals surface area contributed by atoms with Crippen molar-refractivity contribution < 1.29 is 8.42 Å². The molecular weight excluding hydrogens is 356 g/mol. The van der Waals surface area contributed by atoms with Crippen LogP contribution in [0.25, 0.3) is 0 Å². The lowest BCUT2D eigenvalue weighted by Gasteiger charge is -2.22. The number of nitrogens with zero attached hydrogens (tertiary/aromatic N) is 2. The Labute approximate surface area is 155 Å². The molecular formula is C19H23ClN2O2S. The standard InChI is InChI=1S/C19H23ClN2O2S/c20-19-9-7-17(8-10-19)15-21-11-4-12-22(14-13-21)25(23,24)16-18-5-2-1-3-6-18/h1-3,5-10H,4,11-16H2. The minimum absolute atomic E-state index is 0.0744. The van der Waals surface area contributed by atoms with E-state index in [0.29, 0.717) is 13.1 Å². The Morgan fingerprint density at radius 2 is 1.56 bits per heavy atom. The van der Waals surface area contributed by atoms with Crippen LogP contribution >= 0.6 is 11.6 Å². The number of benzene rings is 2. The minimum atomic E-state index is -3.27. The van der Waals surface area contributed by atoms with Crippen molar-refractivity contribution in [1.29, 1.82) is 0 Å². The van der Waals surface area contributed by atoms with Crippen molar-refractivity contribution in [2.45, 2.75) is 18.7 Å². The third-order valence-electron chi connectivity index (χ3n) is 4.45.